The van der Waals surface area contributed by atoms with Gasteiger partial charge in [-0.05, 0) is 17.7 Å². The van der Waals surface area contributed by atoms with Crippen LogP contribution in [0.25, 0.3) is 6.08 Å². The highest BCUT2D eigenvalue weighted by atomic mass is 32.2. The topological polar surface area (TPSA) is 17.1 Å². The Balaban J connectivity index is 2.02. The van der Waals surface area contributed by atoms with Crippen molar-refractivity contribution in [3.8, 4) is 0 Å². The minimum Gasteiger partial charge on any atom is -0.302 e. The molecule has 0 N–H and O–H groups in total. The van der Waals surface area contributed by atoms with Crippen LogP contribution < -0.4 is 0 Å². The molecule has 0 heterocycles. The third kappa shape index (κ3) is 3.90. The zero-order chi connectivity index (χ0) is 12.6. The molecule has 1 nitrogen and oxygen atoms in total. The normalized spacial score (nSPS) is 12.4. The molecule has 0 saturated heterocycles. The van der Waals surface area contributed by atoms with Crippen molar-refractivity contribution in [2.45, 2.75) is 10.1 Å². The van der Waals surface area contributed by atoms with E-state index >= 15 is 0 Å². The van der Waals surface area contributed by atoms with Crippen LogP contribution in [0.15, 0.2) is 71.6 Å². The zero-order valence-electron chi connectivity index (χ0n) is 9.90. The number of rotatable bonds is 5. The summed E-state index contributed by atoms with van der Waals surface area (Å²) in [7, 11) is 0. The fourth-order valence-electron chi connectivity index (χ4n) is 1.54. The van der Waals surface area contributed by atoms with Gasteiger partial charge in [-0.25, -0.2) is 0 Å². The number of aldehydes is 1. The van der Waals surface area contributed by atoms with E-state index in [1.807, 2.05) is 72.8 Å². The van der Waals surface area contributed by atoms with Crippen LogP contribution in [0, 0.1) is 0 Å². The van der Waals surface area contributed by atoms with E-state index in [4.69, 9.17) is 0 Å². The lowest BCUT2D eigenvalue weighted by molar-refractivity contribution is -0.106. The highest BCUT2D eigenvalue weighted by Crippen LogP contribution is 2.23. The van der Waals surface area contributed by atoms with Crippen LogP contribution in [0.2, 0.25) is 0 Å². The minimum absolute atomic E-state index is 0.146. The molecule has 0 amide bonds. The second-order valence-electron chi connectivity index (χ2n) is 3.80. The fourth-order valence-corrected chi connectivity index (χ4v) is 2.38. The molecule has 2 aromatic carbocycles. The van der Waals surface area contributed by atoms with E-state index in [1.54, 1.807) is 11.8 Å². The molecule has 0 spiro atoms. The van der Waals surface area contributed by atoms with Crippen LogP contribution in [-0.4, -0.2) is 11.5 Å². The molecule has 0 saturated carbocycles. The average molecular weight is 254 g/mol. The molecule has 0 fully saturated rings. The van der Waals surface area contributed by atoms with Gasteiger partial charge in [0.05, 0.1) is 5.25 Å². The summed E-state index contributed by atoms with van der Waals surface area (Å²) in [5, 5.41) is -0.146. The van der Waals surface area contributed by atoms with Crippen LogP contribution in [0.4, 0.5) is 0 Å². The molecule has 0 aliphatic heterocycles. The molecule has 0 aliphatic carbocycles. The van der Waals surface area contributed by atoms with Crippen molar-refractivity contribution in [1.29, 1.82) is 0 Å². The molecule has 2 heteroatoms. The SMILES string of the molecule is O=CC(/C=C/c1ccccc1)Sc1ccccc1. The Morgan fingerprint density at radius 1 is 0.889 bits per heavy atom. The quantitative estimate of drug-likeness (QED) is 0.591. The molecule has 0 bridgehead atoms. The first-order chi connectivity index (χ1) is 8.88. The molecule has 2 rings (SSSR count). The Kier molecular flexibility index (Phi) is 4.79. The van der Waals surface area contributed by atoms with Crippen LogP contribution in [0.3, 0.4) is 0 Å². The van der Waals surface area contributed by atoms with Gasteiger partial charge in [0.1, 0.15) is 6.29 Å². The lowest BCUT2D eigenvalue weighted by Gasteiger charge is -2.04. The maximum atomic E-state index is 11.1. The van der Waals surface area contributed by atoms with E-state index in [2.05, 4.69) is 0 Å². The Morgan fingerprint density at radius 2 is 1.50 bits per heavy atom. The van der Waals surface area contributed by atoms with Crippen LogP contribution in [-0.2, 0) is 4.79 Å². The molecule has 0 aliphatic rings. The lowest BCUT2D eigenvalue weighted by atomic mass is 10.2. The van der Waals surface area contributed by atoms with E-state index in [0.717, 1.165) is 16.7 Å². The van der Waals surface area contributed by atoms with Gasteiger partial charge in [0.25, 0.3) is 0 Å². The molecule has 0 radical (unpaired) electrons. The summed E-state index contributed by atoms with van der Waals surface area (Å²) >= 11 is 1.55. The highest BCUT2D eigenvalue weighted by Gasteiger charge is 2.04. The predicted octanol–water partition coefficient (Wildman–Crippen LogP) is 4.06. The number of hydrogen-bond donors (Lipinski definition) is 0. The zero-order valence-corrected chi connectivity index (χ0v) is 10.7. The highest BCUT2D eigenvalue weighted by molar-refractivity contribution is 8.00. The number of thioether (sulfide) groups is 1. The average Bonchev–Trinajstić information content (AvgIpc) is 2.45. The maximum absolute atomic E-state index is 11.1. The van der Waals surface area contributed by atoms with E-state index in [9.17, 15) is 4.79 Å². The summed E-state index contributed by atoms with van der Waals surface area (Å²) in [6.07, 6.45) is 4.88. The lowest BCUT2D eigenvalue weighted by Crippen LogP contribution is -1.98. The first-order valence-electron chi connectivity index (χ1n) is 5.79. The van der Waals surface area contributed by atoms with Gasteiger partial charge >= 0.3 is 0 Å². The Bertz CT molecular complexity index is 505. The van der Waals surface area contributed by atoms with E-state index in [-0.39, 0.29) is 5.25 Å². The molecule has 2 aromatic rings. The molecular formula is C16H14OS. The number of carbonyl (C=O) groups excluding carboxylic acids is 1. The summed E-state index contributed by atoms with van der Waals surface area (Å²) in [5.41, 5.74) is 1.11. The van der Waals surface area contributed by atoms with Crippen LogP contribution >= 0.6 is 11.8 Å². The molecule has 18 heavy (non-hydrogen) atoms. The molecule has 1 unspecified atom stereocenters. The monoisotopic (exact) mass is 254 g/mol. The van der Waals surface area contributed by atoms with Crippen molar-refractivity contribution in [1.82, 2.24) is 0 Å². The molecule has 1 atom stereocenters. The van der Waals surface area contributed by atoms with Crippen LogP contribution in [0.1, 0.15) is 5.56 Å². The first kappa shape index (κ1) is 12.7. The summed E-state index contributed by atoms with van der Waals surface area (Å²) < 4.78 is 0. The Labute approximate surface area is 112 Å². The minimum atomic E-state index is -0.146. The molecule has 0 aromatic heterocycles. The fraction of sp³-hybridized carbons (Fsp3) is 0.0625. The van der Waals surface area contributed by atoms with Crippen molar-refractivity contribution >= 4 is 24.1 Å². The third-order valence-electron chi connectivity index (χ3n) is 2.43. The largest absolute Gasteiger partial charge is 0.302 e. The summed E-state index contributed by atoms with van der Waals surface area (Å²) in [5.74, 6) is 0. The van der Waals surface area contributed by atoms with Crippen molar-refractivity contribution < 1.29 is 4.79 Å². The summed E-state index contributed by atoms with van der Waals surface area (Å²) in [4.78, 5) is 12.2. The van der Waals surface area contributed by atoms with Gasteiger partial charge in [0.2, 0.25) is 0 Å². The summed E-state index contributed by atoms with van der Waals surface area (Å²) in [6, 6.07) is 19.9. The van der Waals surface area contributed by atoms with Gasteiger partial charge in [-0.3, -0.25) is 0 Å². The number of benzene rings is 2. The van der Waals surface area contributed by atoms with Gasteiger partial charge in [0.15, 0.2) is 0 Å². The van der Waals surface area contributed by atoms with Crippen LogP contribution in [0.5, 0.6) is 0 Å². The van der Waals surface area contributed by atoms with Gasteiger partial charge in [-0.2, -0.15) is 0 Å². The van der Waals surface area contributed by atoms with Gasteiger partial charge in [0, 0.05) is 4.90 Å². The predicted molar refractivity (Wildman–Crippen MR) is 77.6 cm³/mol. The third-order valence-corrected chi connectivity index (χ3v) is 3.51. The maximum Gasteiger partial charge on any atom is 0.137 e. The number of hydrogen-bond acceptors (Lipinski definition) is 2. The molecule has 90 valence electrons. The number of carbonyl (C=O) groups is 1. The van der Waals surface area contributed by atoms with Crippen molar-refractivity contribution in [3.63, 3.8) is 0 Å². The van der Waals surface area contributed by atoms with E-state index in [0.29, 0.717) is 0 Å². The van der Waals surface area contributed by atoms with Gasteiger partial charge in [-0.15, -0.1) is 11.8 Å². The second-order valence-corrected chi connectivity index (χ2v) is 5.05. The standard InChI is InChI=1S/C16H14OS/c17-13-16(18-15-9-5-2-6-10-15)12-11-14-7-3-1-4-8-14/h1-13,16H/b12-11+. The Morgan fingerprint density at radius 3 is 2.11 bits per heavy atom. The van der Waals surface area contributed by atoms with Crippen molar-refractivity contribution in [2.24, 2.45) is 0 Å². The van der Waals surface area contributed by atoms with Gasteiger partial charge in [-0.1, -0.05) is 60.7 Å². The summed E-state index contributed by atoms with van der Waals surface area (Å²) in [6.45, 7) is 0. The van der Waals surface area contributed by atoms with Crippen molar-refractivity contribution in [2.75, 3.05) is 0 Å². The van der Waals surface area contributed by atoms with E-state index < -0.39 is 0 Å². The molecular weight excluding hydrogens is 240 g/mol. The van der Waals surface area contributed by atoms with E-state index in [1.165, 1.54) is 0 Å². The van der Waals surface area contributed by atoms with Gasteiger partial charge < -0.3 is 4.79 Å². The first-order valence-corrected chi connectivity index (χ1v) is 6.67. The Hall–Kier alpha value is -1.80. The second kappa shape index (κ2) is 6.82. The van der Waals surface area contributed by atoms with Crippen molar-refractivity contribution in [3.05, 3.63) is 72.3 Å². The smallest absolute Gasteiger partial charge is 0.137 e.